The summed E-state index contributed by atoms with van der Waals surface area (Å²) >= 11 is 0. The van der Waals surface area contributed by atoms with Gasteiger partial charge in [-0.1, -0.05) is 0 Å². The number of nitrogens with one attached hydrogen (secondary N) is 1. The first kappa shape index (κ1) is 14.6. The van der Waals surface area contributed by atoms with E-state index in [0.29, 0.717) is 5.69 Å². The molecule has 0 aliphatic carbocycles. The van der Waals surface area contributed by atoms with Crippen molar-refractivity contribution in [2.24, 2.45) is 0 Å². The molecule has 1 atom stereocenters. The Kier molecular flexibility index (Phi) is 4.11. The summed E-state index contributed by atoms with van der Waals surface area (Å²) < 4.78 is 6.84. The molecule has 1 aromatic carbocycles. The second-order valence-electron chi connectivity index (χ2n) is 5.41. The molecule has 0 spiro atoms. The summed E-state index contributed by atoms with van der Waals surface area (Å²) in [5.41, 5.74) is 1.36. The van der Waals surface area contributed by atoms with Crippen molar-refractivity contribution in [1.82, 2.24) is 20.0 Å². The van der Waals surface area contributed by atoms with Crippen LogP contribution in [0.15, 0.2) is 36.5 Å². The number of benzene rings is 1. The summed E-state index contributed by atoms with van der Waals surface area (Å²) in [6.45, 7) is 1.81. The van der Waals surface area contributed by atoms with Gasteiger partial charge in [-0.05, 0) is 43.3 Å². The number of rotatable bonds is 4. The maximum atomic E-state index is 12.5. The molecule has 1 N–H and O–H groups in total. The molecule has 6 nitrogen and oxygen atoms in total. The van der Waals surface area contributed by atoms with Gasteiger partial charge in [-0.15, -0.1) is 0 Å². The summed E-state index contributed by atoms with van der Waals surface area (Å²) in [5, 5.41) is 7.66. The zero-order valence-electron chi connectivity index (χ0n) is 12.8. The van der Waals surface area contributed by atoms with Crippen molar-refractivity contribution >= 4 is 5.91 Å². The number of nitrogens with zero attached hydrogens (tertiary/aromatic N) is 3. The number of aromatic nitrogens is 2. The SMILES string of the molecule is COc1ccc(-n2ccc(C(=O)N(C)C3CCNC3)n2)cc1. The van der Waals surface area contributed by atoms with Crippen LogP contribution in [-0.4, -0.2) is 53.9 Å². The maximum absolute atomic E-state index is 12.5. The van der Waals surface area contributed by atoms with Gasteiger partial charge in [0, 0.05) is 25.8 Å². The van der Waals surface area contributed by atoms with E-state index in [-0.39, 0.29) is 11.9 Å². The molecule has 2 aromatic rings. The molecule has 2 heterocycles. The lowest BCUT2D eigenvalue weighted by Crippen LogP contribution is -2.38. The Morgan fingerprint density at radius 3 is 2.77 bits per heavy atom. The zero-order chi connectivity index (χ0) is 15.5. The Morgan fingerprint density at radius 2 is 2.14 bits per heavy atom. The molecule has 1 aliphatic rings. The van der Waals surface area contributed by atoms with E-state index in [2.05, 4.69) is 10.4 Å². The van der Waals surface area contributed by atoms with Gasteiger partial charge >= 0.3 is 0 Å². The fourth-order valence-corrected chi connectivity index (χ4v) is 2.63. The normalized spacial score (nSPS) is 17.5. The Labute approximate surface area is 129 Å². The lowest BCUT2D eigenvalue weighted by molar-refractivity contribution is 0.0737. The third-order valence-corrected chi connectivity index (χ3v) is 4.05. The summed E-state index contributed by atoms with van der Waals surface area (Å²) in [6, 6.07) is 9.56. The number of carbonyl (C=O) groups excluding carboxylic acids is 1. The van der Waals surface area contributed by atoms with Gasteiger partial charge in [0.2, 0.25) is 0 Å². The highest BCUT2D eigenvalue weighted by Gasteiger charge is 2.25. The van der Waals surface area contributed by atoms with Gasteiger partial charge in [-0.2, -0.15) is 5.10 Å². The van der Waals surface area contributed by atoms with Gasteiger partial charge in [-0.3, -0.25) is 4.79 Å². The Bertz CT molecular complexity index is 644. The molecule has 1 unspecified atom stereocenters. The van der Waals surface area contributed by atoms with Crippen molar-refractivity contribution in [3.8, 4) is 11.4 Å². The first-order valence-electron chi connectivity index (χ1n) is 7.37. The highest BCUT2D eigenvalue weighted by atomic mass is 16.5. The number of ether oxygens (including phenoxy) is 1. The van der Waals surface area contributed by atoms with Gasteiger partial charge < -0.3 is 15.0 Å². The van der Waals surface area contributed by atoms with Crippen LogP contribution in [0.3, 0.4) is 0 Å². The molecule has 1 aliphatic heterocycles. The fraction of sp³-hybridized carbons (Fsp3) is 0.375. The van der Waals surface area contributed by atoms with Crippen molar-refractivity contribution in [3.05, 3.63) is 42.2 Å². The molecule has 1 fully saturated rings. The maximum Gasteiger partial charge on any atom is 0.274 e. The van der Waals surface area contributed by atoms with Crippen molar-refractivity contribution in [3.63, 3.8) is 0 Å². The van der Waals surface area contributed by atoms with Crippen LogP contribution in [0.1, 0.15) is 16.9 Å². The molecule has 1 amide bonds. The molecule has 3 rings (SSSR count). The Hall–Kier alpha value is -2.34. The van der Waals surface area contributed by atoms with Crippen LogP contribution in [0.4, 0.5) is 0 Å². The molecule has 0 saturated carbocycles. The van der Waals surface area contributed by atoms with Gasteiger partial charge in [0.05, 0.1) is 12.8 Å². The third-order valence-electron chi connectivity index (χ3n) is 4.05. The van der Waals surface area contributed by atoms with Gasteiger partial charge in [0.15, 0.2) is 5.69 Å². The van der Waals surface area contributed by atoms with E-state index >= 15 is 0 Å². The number of hydrogen-bond donors (Lipinski definition) is 1. The van der Waals surface area contributed by atoms with Crippen LogP contribution < -0.4 is 10.1 Å². The van der Waals surface area contributed by atoms with E-state index in [1.165, 1.54) is 0 Å². The average Bonchev–Trinajstić information content (AvgIpc) is 3.25. The third kappa shape index (κ3) is 2.82. The Balaban J connectivity index is 1.76. The topological polar surface area (TPSA) is 59.4 Å². The van der Waals surface area contributed by atoms with E-state index in [9.17, 15) is 4.79 Å². The van der Waals surface area contributed by atoms with E-state index in [1.54, 1.807) is 29.0 Å². The smallest absolute Gasteiger partial charge is 0.274 e. The Morgan fingerprint density at radius 1 is 1.36 bits per heavy atom. The standard InChI is InChI=1S/C16H20N4O2/c1-19(13-7-9-17-11-13)16(21)15-8-10-20(18-15)12-3-5-14(22-2)6-4-12/h3-6,8,10,13,17H,7,9,11H2,1-2H3. The zero-order valence-corrected chi connectivity index (χ0v) is 12.8. The van der Waals surface area contributed by atoms with Crippen molar-refractivity contribution in [1.29, 1.82) is 0 Å². The van der Waals surface area contributed by atoms with Crippen molar-refractivity contribution < 1.29 is 9.53 Å². The van der Waals surface area contributed by atoms with Crippen LogP contribution in [0.2, 0.25) is 0 Å². The molecule has 22 heavy (non-hydrogen) atoms. The lowest BCUT2D eigenvalue weighted by atomic mass is 10.2. The predicted octanol–water partition coefficient (Wildman–Crippen LogP) is 1.31. The van der Waals surface area contributed by atoms with Gasteiger partial charge in [0.25, 0.3) is 5.91 Å². The second kappa shape index (κ2) is 6.19. The van der Waals surface area contributed by atoms with E-state index < -0.39 is 0 Å². The molecule has 116 valence electrons. The van der Waals surface area contributed by atoms with Crippen LogP contribution in [-0.2, 0) is 0 Å². The van der Waals surface area contributed by atoms with Crippen LogP contribution in [0.25, 0.3) is 5.69 Å². The molecular formula is C16H20N4O2. The number of hydrogen-bond acceptors (Lipinski definition) is 4. The van der Waals surface area contributed by atoms with Crippen molar-refractivity contribution in [2.75, 3.05) is 27.2 Å². The van der Waals surface area contributed by atoms with Crippen molar-refractivity contribution in [2.45, 2.75) is 12.5 Å². The molecule has 1 aromatic heterocycles. The molecular weight excluding hydrogens is 280 g/mol. The molecule has 0 bridgehead atoms. The minimum Gasteiger partial charge on any atom is -0.497 e. The van der Waals surface area contributed by atoms with Crippen LogP contribution in [0.5, 0.6) is 5.75 Å². The van der Waals surface area contributed by atoms with Crippen LogP contribution in [0, 0.1) is 0 Å². The first-order chi connectivity index (χ1) is 10.7. The first-order valence-corrected chi connectivity index (χ1v) is 7.37. The largest absolute Gasteiger partial charge is 0.497 e. The minimum absolute atomic E-state index is 0.0408. The van der Waals surface area contributed by atoms with E-state index in [1.807, 2.05) is 31.3 Å². The minimum atomic E-state index is -0.0408. The number of likely N-dealkylation sites (N-methyl/N-ethyl adjacent to an activating group) is 1. The quantitative estimate of drug-likeness (QED) is 0.925. The highest BCUT2D eigenvalue weighted by Crippen LogP contribution is 2.15. The summed E-state index contributed by atoms with van der Waals surface area (Å²) in [5.74, 6) is 0.752. The van der Waals surface area contributed by atoms with Gasteiger partial charge in [-0.25, -0.2) is 4.68 Å². The lowest BCUT2D eigenvalue weighted by Gasteiger charge is -2.22. The number of carbonyl (C=O) groups is 1. The highest BCUT2D eigenvalue weighted by molar-refractivity contribution is 5.92. The van der Waals surface area contributed by atoms with Crippen LogP contribution >= 0.6 is 0 Å². The summed E-state index contributed by atoms with van der Waals surface area (Å²) in [4.78, 5) is 14.3. The molecule has 6 heteroatoms. The van der Waals surface area contributed by atoms with Gasteiger partial charge in [0.1, 0.15) is 5.75 Å². The van der Waals surface area contributed by atoms with E-state index in [4.69, 9.17) is 4.74 Å². The number of methoxy groups -OCH3 is 1. The average molecular weight is 300 g/mol. The second-order valence-corrected chi connectivity index (χ2v) is 5.41. The van der Waals surface area contributed by atoms with E-state index in [0.717, 1.165) is 30.9 Å². The summed E-state index contributed by atoms with van der Waals surface area (Å²) in [6.07, 6.45) is 2.79. The predicted molar refractivity (Wildman–Crippen MR) is 83.5 cm³/mol. The monoisotopic (exact) mass is 300 g/mol. The number of amides is 1. The molecule has 1 saturated heterocycles. The summed E-state index contributed by atoms with van der Waals surface area (Å²) in [7, 11) is 3.47. The fourth-order valence-electron chi connectivity index (χ4n) is 2.63. The molecule has 0 radical (unpaired) electrons.